The minimum Gasteiger partial charge on any atom is -0.335 e. The maximum absolute atomic E-state index is 11.8. The number of likely N-dealkylation sites (tertiary alicyclic amines) is 1. The van der Waals surface area contributed by atoms with Crippen molar-refractivity contribution in [2.24, 2.45) is 0 Å². The van der Waals surface area contributed by atoms with Gasteiger partial charge in [-0.3, -0.25) is 0 Å². The topological polar surface area (TPSA) is 78.1 Å². The zero-order valence-corrected chi connectivity index (χ0v) is 11.2. The van der Waals surface area contributed by atoms with E-state index in [0.717, 1.165) is 19.6 Å². The lowest BCUT2D eigenvalue weighted by Crippen LogP contribution is -2.35. The molecule has 0 spiro atoms. The van der Waals surface area contributed by atoms with E-state index in [9.17, 15) is 8.42 Å². The second-order valence-electron chi connectivity index (χ2n) is 4.57. The Hall–Kier alpha value is -0.920. The lowest BCUT2D eigenvalue weighted by Gasteiger charge is -2.19. The fourth-order valence-electron chi connectivity index (χ4n) is 2.17. The van der Waals surface area contributed by atoms with Gasteiger partial charge in [0.15, 0.2) is 5.03 Å². The van der Waals surface area contributed by atoms with E-state index < -0.39 is 10.0 Å². The van der Waals surface area contributed by atoms with Gasteiger partial charge in [0.2, 0.25) is 0 Å². The molecule has 0 atom stereocenters. The molecule has 18 heavy (non-hydrogen) atoms. The number of hydrogen-bond acceptors (Lipinski definition) is 4. The molecule has 1 aromatic heterocycles. The predicted molar refractivity (Wildman–Crippen MR) is 68.7 cm³/mol. The van der Waals surface area contributed by atoms with Crippen molar-refractivity contribution in [3.05, 3.63) is 12.5 Å². The summed E-state index contributed by atoms with van der Waals surface area (Å²) in [5.74, 6) is 0. The van der Waals surface area contributed by atoms with E-state index >= 15 is 0 Å². The van der Waals surface area contributed by atoms with Gasteiger partial charge < -0.3 is 9.88 Å². The number of H-pyrrole nitrogens is 1. The molecule has 6 nitrogen and oxygen atoms in total. The number of hydrogen-bond donors (Lipinski definition) is 2. The van der Waals surface area contributed by atoms with Crippen LogP contribution in [0.3, 0.4) is 0 Å². The summed E-state index contributed by atoms with van der Waals surface area (Å²) >= 11 is 0. The second-order valence-corrected chi connectivity index (χ2v) is 6.30. The Labute approximate surface area is 108 Å². The first-order valence-electron chi connectivity index (χ1n) is 6.39. The first kappa shape index (κ1) is 13.5. The molecule has 1 aliphatic rings. The standard InChI is InChI=1S/C11H20N4O2S/c16-18(17,11-9-12-10-13-11)14-5-8-15-6-3-1-2-4-7-15/h9-10,14H,1-8H2,(H,12,13). The third-order valence-corrected chi connectivity index (χ3v) is 4.57. The number of aromatic nitrogens is 2. The molecule has 0 amide bonds. The Morgan fingerprint density at radius 3 is 2.61 bits per heavy atom. The van der Waals surface area contributed by atoms with E-state index in [1.807, 2.05) is 0 Å². The smallest absolute Gasteiger partial charge is 0.257 e. The van der Waals surface area contributed by atoms with Crippen molar-refractivity contribution in [3.8, 4) is 0 Å². The molecule has 2 N–H and O–H groups in total. The molecule has 1 saturated heterocycles. The number of nitrogens with zero attached hydrogens (tertiary/aromatic N) is 2. The highest BCUT2D eigenvalue weighted by molar-refractivity contribution is 7.89. The largest absolute Gasteiger partial charge is 0.335 e. The average molecular weight is 272 g/mol. The highest BCUT2D eigenvalue weighted by Crippen LogP contribution is 2.09. The van der Waals surface area contributed by atoms with Gasteiger partial charge >= 0.3 is 0 Å². The molecule has 0 radical (unpaired) electrons. The van der Waals surface area contributed by atoms with E-state index in [-0.39, 0.29) is 5.03 Å². The number of rotatable bonds is 5. The van der Waals surface area contributed by atoms with Gasteiger partial charge in [0.1, 0.15) is 0 Å². The normalized spacial score (nSPS) is 18.7. The lowest BCUT2D eigenvalue weighted by atomic mass is 10.2. The number of imidazole rings is 1. The maximum Gasteiger partial charge on any atom is 0.257 e. The van der Waals surface area contributed by atoms with E-state index in [1.165, 1.54) is 38.2 Å². The van der Waals surface area contributed by atoms with E-state index in [0.29, 0.717) is 6.54 Å². The fourth-order valence-corrected chi connectivity index (χ4v) is 3.09. The van der Waals surface area contributed by atoms with Crippen molar-refractivity contribution in [1.82, 2.24) is 19.6 Å². The van der Waals surface area contributed by atoms with Gasteiger partial charge in [-0.05, 0) is 25.9 Å². The summed E-state index contributed by atoms with van der Waals surface area (Å²) in [6.45, 7) is 3.37. The molecule has 0 bridgehead atoms. The predicted octanol–water partition coefficient (Wildman–Crippen LogP) is 0.564. The van der Waals surface area contributed by atoms with Gasteiger partial charge in [0.05, 0.1) is 12.5 Å². The molecule has 2 heterocycles. The van der Waals surface area contributed by atoms with Crippen molar-refractivity contribution >= 4 is 10.0 Å². The van der Waals surface area contributed by atoms with Crippen LogP contribution in [-0.4, -0.2) is 49.5 Å². The van der Waals surface area contributed by atoms with Gasteiger partial charge in [-0.15, -0.1) is 0 Å². The molecule has 0 unspecified atom stereocenters. The Balaban J connectivity index is 1.78. The van der Waals surface area contributed by atoms with Crippen LogP contribution in [-0.2, 0) is 10.0 Å². The van der Waals surface area contributed by atoms with Crippen molar-refractivity contribution in [2.45, 2.75) is 30.7 Å². The maximum atomic E-state index is 11.8. The molecule has 1 aliphatic heterocycles. The molecule has 0 aromatic carbocycles. The minimum absolute atomic E-state index is 0.123. The van der Waals surface area contributed by atoms with Crippen molar-refractivity contribution in [1.29, 1.82) is 0 Å². The van der Waals surface area contributed by atoms with Crippen LogP contribution in [0.2, 0.25) is 0 Å². The molecule has 0 saturated carbocycles. The third kappa shape index (κ3) is 3.79. The van der Waals surface area contributed by atoms with Gasteiger partial charge in [-0.1, -0.05) is 12.8 Å². The number of nitrogens with one attached hydrogen (secondary N) is 2. The summed E-state index contributed by atoms with van der Waals surface area (Å²) in [6.07, 6.45) is 7.69. The van der Waals surface area contributed by atoms with Crippen LogP contribution < -0.4 is 4.72 Å². The summed E-state index contributed by atoms with van der Waals surface area (Å²) in [7, 11) is -3.42. The molecule has 102 valence electrons. The highest BCUT2D eigenvalue weighted by Gasteiger charge is 2.15. The van der Waals surface area contributed by atoms with Gasteiger partial charge in [0.25, 0.3) is 10.0 Å². The van der Waals surface area contributed by atoms with E-state index in [4.69, 9.17) is 0 Å². The van der Waals surface area contributed by atoms with Gasteiger partial charge in [-0.25, -0.2) is 18.1 Å². The average Bonchev–Trinajstić information content (AvgIpc) is 2.76. The van der Waals surface area contributed by atoms with Crippen LogP contribution in [0.25, 0.3) is 0 Å². The van der Waals surface area contributed by atoms with Gasteiger partial charge in [-0.2, -0.15) is 0 Å². The quantitative estimate of drug-likeness (QED) is 0.821. The van der Waals surface area contributed by atoms with Crippen LogP contribution in [0.4, 0.5) is 0 Å². The molecule has 0 aliphatic carbocycles. The van der Waals surface area contributed by atoms with Crippen LogP contribution in [0.1, 0.15) is 25.7 Å². The first-order chi connectivity index (χ1) is 8.68. The minimum atomic E-state index is -3.42. The number of sulfonamides is 1. The van der Waals surface area contributed by atoms with Crippen LogP contribution in [0.5, 0.6) is 0 Å². The Morgan fingerprint density at radius 1 is 1.28 bits per heavy atom. The van der Waals surface area contributed by atoms with Crippen LogP contribution >= 0.6 is 0 Å². The fraction of sp³-hybridized carbons (Fsp3) is 0.727. The first-order valence-corrected chi connectivity index (χ1v) is 7.87. The Kier molecular flexibility index (Phi) is 4.73. The molecule has 2 rings (SSSR count). The lowest BCUT2D eigenvalue weighted by molar-refractivity contribution is 0.290. The van der Waals surface area contributed by atoms with E-state index in [2.05, 4.69) is 19.6 Å². The zero-order valence-electron chi connectivity index (χ0n) is 10.4. The summed E-state index contributed by atoms with van der Waals surface area (Å²) in [5, 5.41) is 0.123. The molecular weight excluding hydrogens is 252 g/mol. The van der Waals surface area contributed by atoms with Crippen molar-refractivity contribution < 1.29 is 8.42 Å². The van der Waals surface area contributed by atoms with Crippen molar-refractivity contribution in [2.75, 3.05) is 26.2 Å². The molecule has 7 heteroatoms. The second kappa shape index (κ2) is 6.31. The molecular formula is C11H20N4O2S. The summed E-state index contributed by atoms with van der Waals surface area (Å²) < 4.78 is 26.2. The summed E-state index contributed by atoms with van der Waals surface area (Å²) in [5.41, 5.74) is 0. The van der Waals surface area contributed by atoms with Crippen molar-refractivity contribution in [3.63, 3.8) is 0 Å². The SMILES string of the molecule is O=S(=O)(NCCN1CCCCCC1)c1cnc[nH]1. The van der Waals surface area contributed by atoms with Gasteiger partial charge in [0, 0.05) is 13.1 Å². The van der Waals surface area contributed by atoms with E-state index in [1.54, 1.807) is 0 Å². The van der Waals surface area contributed by atoms with Crippen LogP contribution in [0.15, 0.2) is 17.6 Å². The number of aromatic amines is 1. The monoisotopic (exact) mass is 272 g/mol. The Bertz CT molecular complexity index is 436. The zero-order chi connectivity index (χ0) is 12.8. The Morgan fingerprint density at radius 2 is 2.00 bits per heavy atom. The molecule has 1 fully saturated rings. The summed E-state index contributed by atoms with van der Waals surface area (Å²) in [4.78, 5) is 8.64. The third-order valence-electron chi connectivity index (χ3n) is 3.18. The van der Waals surface area contributed by atoms with Crippen LogP contribution in [0, 0.1) is 0 Å². The summed E-state index contributed by atoms with van der Waals surface area (Å²) in [6, 6.07) is 0. The highest BCUT2D eigenvalue weighted by atomic mass is 32.2. The molecule has 1 aromatic rings.